The summed E-state index contributed by atoms with van der Waals surface area (Å²) >= 11 is 0. The average Bonchev–Trinajstić information content (AvgIpc) is 2.53. The molecule has 0 radical (unpaired) electrons. The van der Waals surface area contributed by atoms with E-state index in [1.54, 1.807) is 6.07 Å². The molecule has 0 unspecified atom stereocenters. The van der Waals surface area contributed by atoms with Gasteiger partial charge in [0.05, 0.1) is 16.8 Å². The molecule has 0 spiro atoms. The molecule has 0 aliphatic rings. The summed E-state index contributed by atoms with van der Waals surface area (Å²) in [5.74, 6) is -0.792. The number of nitrogens with zero attached hydrogens (tertiary/aromatic N) is 1. The molecule has 3 rings (SSSR count). The van der Waals surface area contributed by atoms with Crippen LogP contribution in [0.5, 0.6) is 0 Å². The number of nitrogens with two attached hydrogens (primary N) is 1. The average molecular weight is 341 g/mol. The van der Waals surface area contributed by atoms with Crippen molar-refractivity contribution in [2.75, 3.05) is 0 Å². The number of guanidine groups is 1. The van der Waals surface area contributed by atoms with Crippen LogP contribution in [0.2, 0.25) is 0 Å². The van der Waals surface area contributed by atoms with Crippen LogP contribution in [-0.2, 0) is 0 Å². The highest BCUT2D eigenvalue weighted by Gasteiger charge is 2.15. The van der Waals surface area contributed by atoms with E-state index in [4.69, 9.17) is 11.1 Å². The van der Waals surface area contributed by atoms with E-state index in [1.807, 2.05) is 55.5 Å². The van der Waals surface area contributed by atoms with E-state index >= 15 is 0 Å². The predicted molar refractivity (Wildman–Crippen MR) is 98.5 cm³/mol. The summed E-state index contributed by atoms with van der Waals surface area (Å²) in [6.07, 6.45) is 0. The van der Waals surface area contributed by atoms with E-state index in [1.165, 1.54) is 0 Å². The van der Waals surface area contributed by atoms with Crippen molar-refractivity contribution in [1.29, 1.82) is 5.41 Å². The summed E-state index contributed by atoms with van der Waals surface area (Å²) in [5.41, 5.74) is 9.22. The maximum Gasteiger partial charge on any atom is 0.258 e. The van der Waals surface area contributed by atoms with Crippen molar-refractivity contribution in [2.45, 2.75) is 6.92 Å². The Labute approximate surface area is 145 Å². The number of rotatable bonds is 2. The third kappa shape index (κ3) is 3.36. The van der Waals surface area contributed by atoms with Gasteiger partial charge in [-0.2, -0.15) is 0 Å². The number of fused-ring (bicyclic) bond motifs is 1. The second-order valence-corrected chi connectivity index (χ2v) is 5.25. The number of hydrogen-bond acceptors (Lipinski definition) is 3. The fraction of sp³-hybridized carbons (Fsp3) is 0.0556. The van der Waals surface area contributed by atoms with Gasteiger partial charge in [0, 0.05) is 10.9 Å². The molecular weight excluding hydrogens is 324 g/mol. The lowest BCUT2D eigenvalue weighted by atomic mass is 10.0. The molecule has 4 N–H and O–H groups in total. The maximum absolute atomic E-state index is 12.4. The van der Waals surface area contributed by atoms with Crippen LogP contribution in [0.3, 0.4) is 0 Å². The summed E-state index contributed by atoms with van der Waals surface area (Å²) in [4.78, 5) is 17.0. The molecule has 122 valence electrons. The van der Waals surface area contributed by atoms with Gasteiger partial charge in [-0.15, -0.1) is 12.4 Å². The molecule has 1 aromatic heterocycles. The minimum atomic E-state index is -0.411. The molecule has 0 saturated carbocycles. The van der Waals surface area contributed by atoms with Gasteiger partial charge in [0.2, 0.25) is 0 Å². The second kappa shape index (κ2) is 7.10. The van der Waals surface area contributed by atoms with Gasteiger partial charge in [0.25, 0.3) is 5.91 Å². The van der Waals surface area contributed by atoms with Gasteiger partial charge >= 0.3 is 0 Å². The van der Waals surface area contributed by atoms with Crippen molar-refractivity contribution in [3.8, 4) is 11.3 Å². The predicted octanol–water partition coefficient (Wildman–Crippen LogP) is 3.26. The largest absolute Gasteiger partial charge is 0.370 e. The summed E-state index contributed by atoms with van der Waals surface area (Å²) in [6, 6.07) is 17.0. The third-order valence-corrected chi connectivity index (χ3v) is 3.63. The van der Waals surface area contributed by atoms with Crippen LogP contribution < -0.4 is 11.1 Å². The molecule has 24 heavy (non-hydrogen) atoms. The molecule has 0 aliphatic carbocycles. The summed E-state index contributed by atoms with van der Waals surface area (Å²) in [5, 5.41) is 10.3. The summed E-state index contributed by atoms with van der Waals surface area (Å²) < 4.78 is 0. The number of nitrogens with one attached hydrogen (secondary N) is 2. The standard InChI is InChI=1S/C18H16N4O.ClH/c1-11-6-2-3-7-12(11)16-10-14(17(23)22-18(19)20)13-8-4-5-9-15(13)21-16;/h2-10H,1H3,(H4,19,20,22,23);1H. The lowest BCUT2D eigenvalue weighted by molar-refractivity contribution is 0.0978. The first kappa shape index (κ1) is 17.4. The van der Waals surface area contributed by atoms with Crippen molar-refractivity contribution >= 4 is 35.2 Å². The topological polar surface area (TPSA) is 91.9 Å². The number of pyridine rings is 1. The minimum absolute atomic E-state index is 0. The van der Waals surface area contributed by atoms with Crippen molar-refractivity contribution in [1.82, 2.24) is 10.3 Å². The number of aryl methyl sites for hydroxylation is 1. The van der Waals surface area contributed by atoms with Crippen molar-refractivity contribution in [3.63, 3.8) is 0 Å². The van der Waals surface area contributed by atoms with E-state index in [-0.39, 0.29) is 18.4 Å². The molecule has 0 saturated heterocycles. The quantitative estimate of drug-likeness (QED) is 0.494. The molecule has 6 heteroatoms. The Morgan fingerprint density at radius 1 is 1.12 bits per heavy atom. The molecular formula is C18H17ClN4O. The van der Waals surface area contributed by atoms with Crippen molar-refractivity contribution < 1.29 is 4.79 Å². The fourth-order valence-corrected chi connectivity index (χ4v) is 2.55. The molecule has 0 atom stereocenters. The number of aromatic nitrogens is 1. The lowest BCUT2D eigenvalue weighted by Crippen LogP contribution is -2.35. The number of carbonyl (C=O) groups is 1. The number of hydrogen-bond donors (Lipinski definition) is 3. The van der Waals surface area contributed by atoms with Crippen LogP contribution in [0, 0.1) is 12.3 Å². The van der Waals surface area contributed by atoms with Crippen LogP contribution in [0.25, 0.3) is 22.2 Å². The first-order valence-corrected chi connectivity index (χ1v) is 7.17. The Morgan fingerprint density at radius 2 is 1.79 bits per heavy atom. The molecule has 0 bridgehead atoms. The zero-order valence-electron chi connectivity index (χ0n) is 13.0. The van der Waals surface area contributed by atoms with Gasteiger partial charge in [-0.3, -0.25) is 15.5 Å². The molecule has 0 fully saturated rings. The van der Waals surface area contributed by atoms with E-state index in [2.05, 4.69) is 10.3 Å². The second-order valence-electron chi connectivity index (χ2n) is 5.25. The first-order chi connectivity index (χ1) is 11.1. The molecule has 3 aromatic rings. The van der Waals surface area contributed by atoms with E-state index in [0.717, 1.165) is 27.7 Å². The van der Waals surface area contributed by atoms with Crippen LogP contribution in [0.1, 0.15) is 15.9 Å². The van der Waals surface area contributed by atoms with Gasteiger partial charge in [-0.1, -0.05) is 42.5 Å². The SMILES string of the molecule is Cc1ccccc1-c1cc(C(=O)NC(=N)N)c2ccccc2n1.Cl. The molecule has 2 aromatic carbocycles. The third-order valence-electron chi connectivity index (χ3n) is 3.63. The zero-order valence-corrected chi connectivity index (χ0v) is 13.9. The Balaban J connectivity index is 0.00000208. The Bertz CT molecular complexity index is 924. The number of carbonyl (C=O) groups excluding carboxylic acids is 1. The normalized spacial score (nSPS) is 10.0. The summed E-state index contributed by atoms with van der Waals surface area (Å²) in [7, 11) is 0. The minimum Gasteiger partial charge on any atom is -0.370 e. The van der Waals surface area contributed by atoms with E-state index in [9.17, 15) is 4.79 Å². The highest BCUT2D eigenvalue weighted by atomic mass is 35.5. The van der Waals surface area contributed by atoms with Crippen molar-refractivity contribution in [3.05, 3.63) is 65.7 Å². The number of benzene rings is 2. The van der Waals surface area contributed by atoms with E-state index in [0.29, 0.717) is 5.56 Å². The van der Waals surface area contributed by atoms with Crippen LogP contribution >= 0.6 is 12.4 Å². The van der Waals surface area contributed by atoms with Gasteiger partial charge < -0.3 is 5.73 Å². The number of para-hydroxylation sites is 1. The van der Waals surface area contributed by atoms with Crippen LogP contribution in [-0.4, -0.2) is 16.9 Å². The number of halogens is 1. The van der Waals surface area contributed by atoms with Crippen LogP contribution in [0.15, 0.2) is 54.6 Å². The van der Waals surface area contributed by atoms with Gasteiger partial charge in [0.15, 0.2) is 5.96 Å². The van der Waals surface area contributed by atoms with Crippen molar-refractivity contribution in [2.24, 2.45) is 5.73 Å². The summed E-state index contributed by atoms with van der Waals surface area (Å²) in [6.45, 7) is 2.00. The molecule has 0 aliphatic heterocycles. The Kier molecular flexibility index (Phi) is 5.16. The highest BCUT2D eigenvalue weighted by molar-refractivity contribution is 6.12. The van der Waals surface area contributed by atoms with Gasteiger partial charge in [-0.05, 0) is 24.6 Å². The fourth-order valence-electron chi connectivity index (χ4n) is 2.55. The number of amides is 1. The van der Waals surface area contributed by atoms with E-state index < -0.39 is 5.91 Å². The molecule has 5 nitrogen and oxygen atoms in total. The van der Waals surface area contributed by atoms with Crippen LogP contribution in [0.4, 0.5) is 0 Å². The first-order valence-electron chi connectivity index (χ1n) is 7.17. The lowest BCUT2D eigenvalue weighted by Gasteiger charge is -2.11. The maximum atomic E-state index is 12.4. The Hall–Kier alpha value is -2.92. The Morgan fingerprint density at radius 3 is 2.50 bits per heavy atom. The van der Waals surface area contributed by atoms with Gasteiger partial charge in [-0.25, -0.2) is 4.98 Å². The highest BCUT2D eigenvalue weighted by Crippen LogP contribution is 2.26. The monoisotopic (exact) mass is 340 g/mol. The molecule has 1 amide bonds. The molecule has 1 heterocycles. The zero-order chi connectivity index (χ0) is 16.4. The van der Waals surface area contributed by atoms with Gasteiger partial charge in [0.1, 0.15) is 0 Å². The smallest absolute Gasteiger partial charge is 0.258 e.